The lowest BCUT2D eigenvalue weighted by molar-refractivity contribution is 0.329. The number of nitrogens with two attached hydrogens (primary N) is 1. The lowest BCUT2D eigenvalue weighted by Gasteiger charge is -2.26. The normalized spacial score (nSPS) is 15.2. The predicted molar refractivity (Wildman–Crippen MR) is 71.6 cm³/mol. The van der Waals surface area contributed by atoms with Gasteiger partial charge in [0.2, 0.25) is 0 Å². The molecule has 16 heavy (non-hydrogen) atoms. The van der Waals surface area contributed by atoms with E-state index in [1.807, 2.05) is 0 Å². The number of hydrogen-bond donors (Lipinski definition) is 1. The van der Waals surface area contributed by atoms with E-state index in [1.165, 1.54) is 16.7 Å². The Labute approximate surface area is 100 Å². The molecule has 0 radical (unpaired) electrons. The molecule has 1 nitrogen and oxygen atoms in total. The highest BCUT2D eigenvalue weighted by atomic mass is 14.6. The third kappa shape index (κ3) is 3.08. The first-order valence-corrected chi connectivity index (χ1v) is 6.24. The van der Waals surface area contributed by atoms with Crippen molar-refractivity contribution in [3.8, 4) is 0 Å². The van der Waals surface area contributed by atoms with Crippen LogP contribution in [0.3, 0.4) is 0 Å². The maximum atomic E-state index is 6.09. The van der Waals surface area contributed by atoms with Crippen molar-refractivity contribution in [2.24, 2.45) is 17.6 Å². The van der Waals surface area contributed by atoms with Crippen molar-refractivity contribution >= 4 is 0 Å². The highest BCUT2D eigenvalue weighted by Crippen LogP contribution is 2.24. The third-order valence-electron chi connectivity index (χ3n) is 3.62. The molecule has 2 atom stereocenters. The quantitative estimate of drug-likeness (QED) is 0.824. The van der Waals surface area contributed by atoms with Gasteiger partial charge in [-0.2, -0.15) is 0 Å². The average Bonchev–Trinajstić information content (AvgIpc) is 2.15. The summed E-state index contributed by atoms with van der Waals surface area (Å²) in [5.74, 6) is 1.21. The molecule has 1 aromatic rings. The molecule has 1 rings (SSSR count). The summed E-state index contributed by atoms with van der Waals surface area (Å²) in [6, 6.07) is 6.78. The lowest BCUT2D eigenvalue weighted by atomic mass is 9.82. The van der Waals surface area contributed by atoms with Crippen LogP contribution in [0, 0.1) is 25.7 Å². The van der Waals surface area contributed by atoms with Gasteiger partial charge in [0.15, 0.2) is 0 Å². The molecule has 0 saturated heterocycles. The Balaban J connectivity index is 2.94. The molecule has 0 spiro atoms. The maximum Gasteiger partial charge on any atom is 0.00443 e. The molecule has 90 valence electrons. The topological polar surface area (TPSA) is 26.0 Å². The molecular formula is C15H25N. The Morgan fingerprint density at radius 1 is 1.06 bits per heavy atom. The van der Waals surface area contributed by atoms with Crippen molar-refractivity contribution in [2.75, 3.05) is 0 Å². The van der Waals surface area contributed by atoms with Gasteiger partial charge in [0, 0.05) is 6.04 Å². The van der Waals surface area contributed by atoms with Crippen molar-refractivity contribution in [3.05, 3.63) is 34.9 Å². The van der Waals surface area contributed by atoms with Crippen molar-refractivity contribution in [3.63, 3.8) is 0 Å². The van der Waals surface area contributed by atoms with Gasteiger partial charge in [-0.05, 0) is 55.7 Å². The summed E-state index contributed by atoms with van der Waals surface area (Å²) in [5.41, 5.74) is 10.4. The summed E-state index contributed by atoms with van der Waals surface area (Å²) in [4.78, 5) is 0. The van der Waals surface area contributed by atoms with Gasteiger partial charge in [-0.3, -0.25) is 0 Å². The van der Waals surface area contributed by atoms with Crippen LogP contribution < -0.4 is 5.73 Å². The summed E-state index contributed by atoms with van der Waals surface area (Å²) in [6.45, 7) is 11.0. The fraction of sp³-hybridized carbons (Fsp3) is 0.600. The second-order valence-electron chi connectivity index (χ2n) is 5.34. The van der Waals surface area contributed by atoms with Gasteiger partial charge < -0.3 is 5.73 Å². The number of hydrogen-bond acceptors (Lipinski definition) is 1. The predicted octanol–water partition coefficient (Wildman–Crippen LogP) is 3.47. The number of benzene rings is 1. The fourth-order valence-corrected chi connectivity index (χ4v) is 2.44. The van der Waals surface area contributed by atoms with Crippen LogP contribution in [-0.4, -0.2) is 6.04 Å². The number of aryl methyl sites for hydroxylation is 2. The molecule has 0 heterocycles. The van der Waals surface area contributed by atoms with E-state index in [9.17, 15) is 0 Å². The summed E-state index contributed by atoms with van der Waals surface area (Å²) < 4.78 is 0. The molecule has 0 aliphatic carbocycles. The number of rotatable bonds is 4. The van der Waals surface area contributed by atoms with E-state index < -0.39 is 0 Å². The van der Waals surface area contributed by atoms with E-state index >= 15 is 0 Å². The van der Waals surface area contributed by atoms with E-state index in [0.717, 1.165) is 6.42 Å². The Bertz CT molecular complexity index is 311. The molecule has 0 aliphatic rings. The van der Waals surface area contributed by atoms with Gasteiger partial charge in [0.25, 0.3) is 0 Å². The minimum Gasteiger partial charge on any atom is -0.328 e. The molecule has 1 heteroatoms. The van der Waals surface area contributed by atoms with Crippen LogP contribution in [0.2, 0.25) is 0 Å². The van der Waals surface area contributed by atoms with Gasteiger partial charge in [0.1, 0.15) is 0 Å². The Morgan fingerprint density at radius 3 is 1.94 bits per heavy atom. The van der Waals surface area contributed by atoms with Crippen molar-refractivity contribution in [2.45, 2.75) is 47.1 Å². The minimum atomic E-state index is 0.263. The van der Waals surface area contributed by atoms with Crippen LogP contribution in [0.5, 0.6) is 0 Å². The second-order valence-corrected chi connectivity index (χ2v) is 5.34. The van der Waals surface area contributed by atoms with Gasteiger partial charge >= 0.3 is 0 Å². The Hall–Kier alpha value is -0.820. The fourth-order valence-electron chi connectivity index (χ4n) is 2.44. The van der Waals surface area contributed by atoms with Gasteiger partial charge in [-0.25, -0.2) is 0 Å². The van der Waals surface area contributed by atoms with E-state index in [-0.39, 0.29) is 6.04 Å². The first kappa shape index (κ1) is 13.2. The molecule has 1 aromatic carbocycles. The lowest BCUT2D eigenvalue weighted by Crippen LogP contribution is -2.32. The highest BCUT2D eigenvalue weighted by Gasteiger charge is 2.19. The summed E-state index contributed by atoms with van der Waals surface area (Å²) in [6.07, 6.45) is 1.10. The Morgan fingerprint density at radius 2 is 1.56 bits per heavy atom. The Kier molecular flexibility index (Phi) is 4.55. The molecule has 0 aliphatic heterocycles. The molecule has 0 fully saturated rings. The van der Waals surface area contributed by atoms with E-state index in [2.05, 4.69) is 52.8 Å². The SMILES string of the molecule is Cc1cccc(C)c1CC(C(C)C)C(C)N. The molecule has 2 N–H and O–H groups in total. The van der Waals surface area contributed by atoms with E-state index in [1.54, 1.807) is 0 Å². The second kappa shape index (κ2) is 5.49. The van der Waals surface area contributed by atoms with Crippen LogP contribution in [0.15, 0.2) is 18.2 Å². The largest absolute Gasteiger partial charge is 0.328 e. The monoisotopic (exact) mass is 219 g/mol. The summed E-state index contributed by atoms with van der Waals surface area (Å²) in [5, 5.41) is 0. The first-order chi connectivity index (χ1) is 7.43. The van der Waals surface area contributed by atoms with Crippen molar-refractivity contribution in [1.29, 1.82) is 0 Å². The van der Waals surface area contributed by atoms with E-state index in [0.29, 0.717) is 11.8 Å². The molecule has 0 bridgehead atoms. The molecule has 0 saturated carbocycles. The van der Waals surface area contributed by atoms with Crippen LogP contribution in [0.25, 0.3) is 0 Å². The standard InChI is InChI=1S/C15H25N/c1-10(2)14(13(5)16)9-15-11(3)7-6-8-12(15)4/h6-8,10,13-14H,9,16H2,1-5H3. The third-order valence-corrected chi connectivity index (χ3v) is 3.62. The molecule has 0 amide bonds. The molecule has 0 aromatic heterocycles. The van der Waals surface area contributed by atoms with Gasteiger partial charge in [0.05, 0.1) is 0 Å². The van der Waals surface area contributed by atoms with E-state index in [4.69, 9.17) is 5.73 Å². The maximum absolute atomic E-state index is 6.09. The smallest absolute Gasteiger partial charge is 0.00443 e. The van der Waals surface area contributed by atoms with Crippen molar-refractivity contribution in [1.82, 2.24) is 0 Å². The van der Waals surface area contributed by atoms with Crippen molar-refractivity contribution < 1.29 is 0 Å². The molecular weight excluding hydrogens is 194 g/mol. The summed E-state index contributed by atoms with van der Waals surface area (Å²) in [7, 11) is 0. The van der Waals surface area contributed by atoms with Gasteiger partial charge in [-0.1, -0.05) is 32.0 Å². The summed E-state index contributed by atoms with van der Waals surface area (Å²) >= 11 is 0. The van der Waals surface area contributed by atoms with Crippen LogP contribution >= 0.6 is 0 Å². The van der Waals surface area contributed by atoms with Crippen LogP contribution in [0.1, 0.15) is 37.5 Å². The first-order valence-electron chi connectivity index (χ1n) is 6.24. The van der Waals surface area contributed by atoms with Crippen LogP contribution in [0.4, 0.5) is 0 Å². The molecule has 2 unspecified atom stereocenters. The minimum absolute atomic E-state index is 0.263. The van der Waals surface area contributed by atoms with Gasteiger partial charge in [-0.15, -0.1) is 0 Å². The average molecular weight is 219 g/mol. The zero-order valence-electron chi connectivity index (χ0n) is 11.2. The van der Waals surface area contributed by atoms with Crippen LogP contribution in [-0.2, 0) is 6.42 Å². The zero-order chi connectivity index (χ0) is 12.3. The zero-order valence-corrected chi connectivity index (χ0v) is 11.2. The highest BCUT2D eigenvalue weighted by molar-refractivity contribution is 5.33.